The van der Waals surface area contributed by atoms with Gasteiger partial charge in [0.2, 0.25) is 0 Å². The van der Waals surface area contributed by atoms with E-state index in [-0.39, 0.29) is 10.6 Å². The number of nitro benzene ring substituents is 1. The maximum absolute atomic E-state index is 10.7. The lowest BCUT2D eigenvalue weighted by Crippen LogP contribution is -3.27. The average Bonchev–Trinajstić information content (AvgIpc) is 2.64. The van der Waals surface area contributed by atoms with Crippen LogP contribution in [-0.4, -0.2) is 31.1 Å². The summed E-state index contributed by atoms with van der Waals surface area (Å²) in [7, 11) is 0. The molecule has 1 aliphatic heterocycles. The van der Waals surface area contributed by atoms with E-state index in [0.29, 0.717) is 0 Å². The van der Waals surface area contributed by atoms with Gasteiger partial charge in [0.15, 0.2) is 0 Å². The lowest BCUT2D eigenvalue weighted by atomic mass is 10.1. The Morgan fingerprint density at radius 3 is 1.60 bits per heavy atom. The first-order valence-electron chi connectivity index (χ1n) is 9.12. The van der Waals surface area contributed by atoms with Crippen LogP contribution < -0.4 is 9.80 Å². The van der Waals surface area contributed by atoms with E-state index in [2.05, 4.69) is 31.2 Å². The van der Waals surface area contributed by atoms with Crippen molar-refractivity contribution >= 4 is 5.69 Å². The molecule has 0 aliphatic carbocycles. The van der Waals surface area contributed by atoms with Crippen LogP contribution in [-0.2, 0) is 19.5 Å². The Morgan fingerprint density at radius 2 is 1.20 bits per heavy atom. The summed E-state index contributed by atoms with van der Waals surface area (Å²) >= 11 is 0. The minimum Gasteiger partial charge on any atom is -0.322 e. The van der Waals surface area contributed by atoms with Crippen LogP contribution in [0.4, 0.5) is 5.69 Å². The van der Waals surface area contributed by atoms with Gasteiger partial charge in [0.1, 0.15) is 39.3 Å². The molecule has 1 heterocycles. The maximum Gasteiger partial charge on any atom is 0.269 e. The zero-order chi connectivity index (χ0) is 17.6. The topological polar surface area (TPSA) is 52.0 Å². The zero-order valence-electron chi connectivity index (χ0n) is 14.8. The van der Waals surface area contributed by atoms with Gasteiger partial charge in [-0.15, -0.1) is 0 Å². The van der Waals surface area contributed by atoms with Crippen LogP contribution in [0.2, 0.25) is 0 Å². The van der Waals surface area contributed by atoms with E-state index in [1.165, 1.54) is 29.8 Å². The van der Waals surface area contributed by atoms with Crippen LogP contribution in [0.25, 0.3) is 0 Å². The quantitative estimate of drug-likeness (QED) is 0.598. The Balaban J connectivity index is 1.47. The Bertz CT molecular complexity index is 690. The van der Waals surface area contributed by atoms with Crippen molar-refractivity contribution in [3.63, 3.8) is 0 Å². The second-order valence-corrected chi connectivity index (χ2v) is 6.95. The highest BCUT2D eigenvalue weighted by Crippen LogP contribution is 2.11. The van der Waals surface area contributed by atoms with Gasteiger partial charge in [0.05, 0.1) is 4.92 Å². The zero-order valence-corrected chi connectivity index (χ0v) is 14.8. The number of benzene rings is 2. The van der Waals surface area contributed by atoms with Crippen LogP contribution in [0.3, 0.4) is 0 Å². The van der Waals surface area contributed by atoms with Crippen LogP contribution in [0, 0.1) is 10.1 Å². The Labute approximate surface area is 149 Å². The number of hydrogen-bond donors (Lipinski definition) is 2. The van der Waals surface area contributed by atoms with Crippen LogP contribution in [0.1, 0.15) is 23.6 Å². The van der Waals surface area contributed by atoms with Crippen molar-refractivity contribution in [2.24, 2.45) is 0 Å². The molecule has 0 bridgehead atoms. The third-order valence-electron chi connectivity index (χ3n) is 5.15. The van der Waals surface area contributed by atoms with Crippen LogP contribution in [0.5, 0.6) is 0 Å². The largest absolute Gasteiger partial charge is 0.322 e. The molecule has 5 heteroatoms. The minimum atomic E-state index is -0.341. The molecule has 0 spiro atoms. The molecule has 0 atom stereocenters. The third kappa shape index (κ3) is 4.87. The van der Waals surface area contributed by atoms with Gasteiger partial charge >= 0.3 is 0 Å². The van der Waals surface area contributed by atoms with E-state index in [0.717, 1.165) is 32.6 Å². The van der Waals surface area contributed by atoms with E-state index >= 15 is 0 Å². The molecule has 132 valence electrons. The van der Waals surface area contributed by atoms with Gasteiger partial charge in [-0.2, -0.15) is 0 Å². The summed E-state index contributed by atoms with van der Waals surface area (Å²) in [6.07, 6.45) is 1.10. The van der Waals surface area contributed by atoms with Crippen molar-refractivity contribution in [3.8, 4) is 0 Å². The number of nitrogens with one attached hydrogen (secondary N) is 2. The Morgan fingerprint density at radius 1 is 0.800 bits per heavy atom. The third-order valence-corrected chi connectivity index (χ3v) is 5.15. The van der Waals surface area contributed by atoms with Gasteiger partial charge < -0.3 is 9.80 Å². The van der Waals surface area contributed by atoms with Gasteiger partial charge in [-0.05, 0) is 24.1 Å². The van der Waals surface area contributed by atoms with Crippen molar-refractivity contribution < 1.29 is 14.7 Å². The molecule has 0 unspecified atom stereocenters. The van der Waals surface area contributed by atoms with E-state index in [1.807, 2.05) is 12.1 Å². The summed E-state index contributed by atoms with van der Waals surface area (Å²) in [4.78, 5) is 13.6. The first-order chi connectivity index (χ1) is 12.1. The number of rotatable bonds is 6. The fraction of sp³-hybridized carbons (Fsp3) is 0.400. The highest BCUT2D eigenvalue weighted by Gasteiger charge is 2.23. The van der Waals surface area contributed by atoms with Gasteiger partial charge in [-0.3, -0.25) is 10.1 Å². The Hall–Kier alpha value is -2.24. The van der Waals surface area contributed by atoms with Crippen LogP contribution in [0.15, 0.2) is 48.5 Å². The molecule has 0 saturated carbocycles. The molecule has 2 N–H and O–H groups in total. The predicted octanol–water partition coefficient (Wildman–Crippen LogP) is 0.641. The maximum atomic E-state index is 10.7. The van der Waals surface area contributed by atoms with Gasteiger partial charge in [0.25, 0.3) is 5.69 Å². The smallest absolute Gasteiger partial charge is 0.269 e. The second-order valence-electron chi connectivity index (χ2n) is 6.95. The molecule has 1 saturated heterocycles. The lowest BCUT2D eigenvalue weighted by molar-refractivity contribution is -1.02. The minimum absolute atomic E-state index is 0.169. The first kappa shape index (κ1) is 17.6. The van der Waals surface area contributed by atoms with Crippen LogP contribution >= 0.6 is 0 Å². The highest BCUT2D eigenvalue weighted by molar-refractivity contribution is 5.32. The number of hydrogen-bond acceptors (Lipinski definition) is 2. The van der Waals surface area contributed by atoms with Crippen molar-refractivity contribution in [3.05, 3.63) is 75.3 Å². The van der Waals surface area contributed by atoms with E-state index in [1.54, 1.807) is 21.9 Å². The Kier molecular flexibility index (Phi) is 5.79. The average molecular weight is 341 g/mol. The number of nitro groups is 1. The summed E-state index contributed by atoms with van der Waals surface area (Å²) in [5.41, 5.74) is 4.17. The van der Waals surface area contributed by atoms with E-state index in [4.69, 9.17) is 0 Å². The highest BCUT2D eigenvalue weighted by atomic mass is 16.6. The van der Waals surface area contributed by atoms with Gasteiger partial charge in [-0.25, -0.2) is 0 Å². The van der Waals surface area contributed by atoms with Gasteiger partial charge in [-0.1, -0.05) is 31.2 Å². The number of nitrogens with zero attached hydrogens (tertiary/aromatic N) is 1. The molecule has 0 amide bonds. The SMILES string of the molecule is CCc1ccc(C[NH+]2CC[NH+](Cc3ccc([N+](=O)[O-])cc3)CC2)cc1. The molecule has 3 rings (SSSR count). The fourth-order valence-corrected chi connectivity index (χ4v) is 3.52. The van der Waals surface area contributed by atoms with Crippen molar-refractivity contribution in [2.75, 3.05) is 26.2 Å². The van der Waals surface area contributed by atoms with E-state index in [9.17, 15) is 10.1 Å². The number of quaternary nitrogens is 2. The summed E-state index contributed by atoms with van der Waals surface area (Å²) < 4.78 is 0. The second kappa shape index (κ2) is 8.23. The monoisotopic (exact) mass is 341 g/mol. The molecule has 2 aromatic carbocycles. The van der Waals surface area contributed by atoms with Gasteiger partial charge in [0, 0.05) is 23.3 Å². The van der Waals surface area contributed by atoms with Crippen molar-refractivity contribution in [1.82, 2.24) is 0 Å². The summed E-state index contributed by atoms with van der Waals surface area (Å²) in [6, 6.07) is 16.0. The molecular formula is C20H27N3O2+2. The molecule has 1 aliphatic rings. The fourth-order valence-electron chi connectivity index (χ4n) is 3.52. The summed E-state index contributed by atoms with van der Waals surface area (Å²) in [5.74, 6) is 0. The number of aryl methyl sites for hydroxylation is 1. The molecule has 5 nitrogen and oxygen atoms in total. The summed E-state index contributed by atoms with van der Waals surface area (Å²) in [5, 5.41) is 10.7. The number of piperazine rings is 1. The molecule has 2 aromatic rings. The molecular weight excluding hydrogens is 314 g/mol. The first-order valence-corrected chi connectivity index (χ1v) is 9.12. The lowest BCUT2D eigenvalue weighted by Gasteiger charge is -2.29. The predicted molar refractivity (Wildman–Crippen MR) is 97.7 cm³/mol. The molecule has 1 fully saturated rings. The summed E-state index contributed by atoms with van der Waals surface area (Å²) in [6.45, 7) is 8.91. The van der Waals surface area contributed by atoms with Crippen molar-refractivity contribution in [2.45, 2.75) is 26.4 Å². The number of non-ortho nitro benzene ring substituents is 1. The molecule has 25 heavy (non-hydrogen) atoms. The standard InChI is InChI=1S/C20H25N3O2/c1-2-17-3-5-18(6-4-17)15-21-11-13-22(14-12-21)16-19-7-9-20(10-8-19)23(24)25/h3-10H,2,11-16H2,1H3/p+2. The van der Waals surface area contributed by atoms with Crippen molar-refractivity contribution in [1.29, 1.82) is 0 Å². The van der Waals surface area contributed by atoms with E-state index < -0.39 is 0 Å². The normalized spacial score (nSPS) is 20.4. The molecule has 0 radical (unpaired) electrons. The molecule has 0 aromatic heterocycles.